The molecule has 1 amide bonds. The van der Waals surface area contributed by atoms with E-state index in [2.05, 4.69) is 16.2 Å². The summed E-state index contributed by atoms with van der Waals surface area (Å²) in [4.78, 5) is 26.6. The van der Waals surface area contributed by atoms with Gasteiger partial charge in [-0.3, -0.25) is 4.98 Å². The highest BCUT2D eigenvalue weighted by molar-refractivity contribution is 7.18. The van der Waals surface area contributed by atoms with Crippen molar-refractivity contribution in [1.29, 1.82) is 0 Å². The lowest BCUT2D eigenvalue weighted by Gasteiger charge is -2.19. The molecule has 3 heterocycles. The number of aryl methyl sites for hydroxylation is 2. The predicted octanol–water partition coefficient (Wildman–Crippen LogP) is 4.31. The number of pyridine rings is 2. The summed E-state index contributed by atoms with van der Waals surface area (Å²) in [5.74, 6) is 0. The second-order valence-electron chi connectivity index (χ2n) is 6.77. The van der Waals surface area contributed by atoms with Gasteiger partial charge < -0.3 is 4.74 Å². The Balaban J connectivity index is 1.73. The average molecular weight is 407 g/mol. The first-order valence-corrected chi connectivity index (χ1v) is 10.2. The normalized spacial score (nSPS) is 14.5. The van der Waals surface area contributed by atoms with Gasteiger partial charge in [0.25, 0.3) is 0 Å². The zero-order chi connectivity index (χ0) is 20.4. The van der Waals surface area contributed by atoms with Gasteiger partial charge in [-0.15, -0.1) is 11.3 Å². The lowest BCUT2D eigenvalue weighted by molar-refractivity contribution is 0.134. The molecule has 3 aromatic heterocycles. The van der Waals surface area contributed by atoms with Crippen LogP contribution in [0.15, 0.2) is 41.8 Å². The van der Waals surface area contributed by atoms with Crippen molar-refractivity contribution in [3.05, 3.63) is 53.6 Å². The largest absolute Gasteiger partial charge is 0.451 e. The molecule has 0 atom stereocenters. The summed E-state index contributed by atoms with van der Waals surface area (Å²) in [6, 6.07) is 8.05. The van der Waals surface area contributed by atoms with E-state index in [0.717, 1.165) is 63.1 Å². The van der Waals surface area contributed by atoms with E-state index in [1.54, 1.807) is 24.6 Å². The van der Waals surface area contributed by atoms with Gasteiger partial charge in [-0.2, -0.15) is 5.10 Å². The molecule has 148 valence electrons. The summed E-state index contributed by atoms with van der Waals surface area (Å²) in [5, 5.41) is 6.59. The third kappa shape index (κ3) is 3.88. The summed E-state index contributed by atoms with van der Waals surface area (Å²) in [7, 11) is 2.93. The Morgan fingerprint density at radius 3 is 2.86 bits per heavy atom. The van der Waals surface area contributed by atoms with Crippen LogP contribution in [0.3, 0.4) is 0 Å². The summed E-state index contributed by atoms with van der Waals surface area (Å²) in [6.45, 7) is 1.99. The average Bonchev–Trinajstić information content (AvgIpc) is 3.15. The number of hydrogen-bond acceptors (Lipinski definition) is 7. The van der Waals surface area contributed by atoms with Crippen LogP contribution in [0.2, 0.25) is 0 Å². The molecular weight excluding hydrogens is 386 g/mol. The fraction of sp³-hybridized carbons (Fsp3) is 0.286. The van der Waals surface area contributed by atoms with Crippen molar-refractivity contribution in [1.82, 2.24) is 20.0 Å². The van der Waals surface area contributed by atoms with Crippen LogP contribution >= 0.6 is 11.3 Å². The SMILES string of the molecule is COC(=O)N(C)N=C1CCCc2ccc(-c3sc(-c4cccnc4)nc3C)nc21. The first kappa shape index (κ1) is 19.2. The van der Waals surface area contributed by atoms with Crippen LogP contribution in [-0.2, 0) is 11.2 Å². The van der Waals surface area contributed by atoms with Gasteiger partial charge in [0.15, 0.2) is 0 Å². The Kier molecular flexibility index (Phi) is 5.35. The van der Waals surface area contributed by atoms with Crippen molar-refractivity contribution in [3.63, 3.8) is 0 Å². The van der Waals surface area contributed by atoms with Crippen molar-refractivity contribution in [3.8, 4) is 21.1 Å². The number of carbonyl (C=O) groups excluding carboxylic acids is 1. The first-order chi connectivity index (χ1) is 14.1. The van der Waals surface area contributed by atoms with Crippen LogP contribution < -0.4 is 0 Å². The Hall–Kier alpha value is -3.13. The third-order valence-corrected chi connectivity index (χ3v) is 5.99. The van der Waals surface area contributed by atoms with Crippen molar-refractivity contribution in [2.24, 2.45) is 5.10 Å². The number of carbonyl (C=O) groups is 1. The Morgan fingerprint density at radius 1 is 1.24 bits per heavy atom. The second kappa shape index (κ2) is 8.08. The lowest BCUT2D eigenvalue weighted by atomic mass is 9.94. The molecule has 0 spiro atoms. The zero-order valence-electron chi connectivity index (χ0n) is 16.5. The number of nitrogens with zero attached hydrogens (tertiary/aromatic N) is 5. The molecule has 0 aliphatic heterocycles. The number of hydrazone groups is 1. The maximum atomic E-state index is 11.7. The second-order valence-corrected chi connectivity index (χ2v) is 7.77. The molecule has 0 radical (unpaired) electrons. The molecule has 0 aromatic carbocycles. The Morgan fingerprint density at radius 2 is 2.10 bits per heavy atom. The van der Waals surface area contributed by atoms with Gasteiger partial charge >= 0.3 is 6.09 Å². The molecule has 4 rings (SSSR count). The van der Waals surface area contributed by atoms with Crippen molar-refractivity contribution < 1.29 is 9.53 Å². The molecule has 0 bridgehead atoms. The number of methoxy groups -OCH3 is 1. The molecule has 29 heavy (non-hydrogen) atoms. The predicted molar refractivity (Wildman–Crippen MR) is 113 cm³/mol. The van der Waals surface area contributed by atoms with Gasteiger partial charge in [-0.25, -0.2) is 19.8 Å². The smallest absolute Gasteiger partial charge is 0.429 e. The number of thiazole rings is 1. The molecule has 0 saturated carbocycles. The van der Waals surface area contributed by atoms with Gasteiger partial charge in [0.2, 0.25) is 0 Å². The minimum atomic E-state index is -0.500. The maximum absolute atomic E-state index is 11.7. The van der Waals surface area contributed by atoms with E-state index in [9.17, 15) is 4.79 Å². The summed E-state index contributed by atoms with van der Waals surface area (Å²) >= 11 is 1.60. The van der Waals surface area contributed by atoms with Crippen LogP contribution in [0.1, 0.15) is 29.8 Å². The number of fused-ring (bicyclic) bond motifs is 1. The zero-order valence-corrected chi connectivity index (χ0v) is 17.4. The molecule has 3 aromatic rings. The van der Waals surface area contributed by atoms with Gasteiger partial charge in [0.05, 0.1) is 34.8 Å². The van der Waals surface area contributed by atoms with Crippen LogP contribution in [0.25, 0.3) is 21.1 Å². The Bertz CT molecular complexity index is 1080. The number of rotatable bonds is 3. The van der Waals surface area contributed by atoms with Crippen LogP contribution in [-0.4, -0.2) is 45.9 Å². The molecule has 0 unspecified atom stereocenters. The van der Waals surface area contributed by atoms with E-state index >= 15 is 0 Å². The van der Waals surface area contributed by atoms with Crippen molar-refractivity contribution in [2.45, 2.75) is 26.2 Å². The number of hydrogen-bond donors (Lipinski definition) is 0. The van der Waals surface area contributed by atoms with Crippen molar-refractivity contribution >= 4 is 23.1 Å². The number of aromatic nitrogens is 3. The minimum Gasteiger partial charge on any atom is -0.451 e. The molecule has 1 aliphatic carbocycles. The molecule has 1 aliphatic rings. The molecule has 8 heteroatoms. The third-order valence-electron chi connectivity index (χ3n) is 4.76. The topological polar surface area (TPSA) is 80.6 Å². The summed E-state index contributed by atoms with van der Waals surface area (Å²) in [5.41, 5.74) is 5.58. The van der Waals surface area contributed by atoms with E-state index in [-0.39, 0.29) is 0 Å². The molecular formula is C21H21N5O2S. The first-order valence-electron chi connectivity index (χ1n) is 9.34. The quantitative estimate of drug-likeness (QED) is 0.604. The number of ether oxygens (including phenoxy) is 1. The maximum Gasteiger partial charge on any atom is 0.429 e. The summed E-state index contributed by atoms with van der Waals surface area (Å²) < 4.78 is 4.74. The molecule has 0 N–H and O–H groups in total. The molecule has 7 nitrogen and oxygen atoms in total. The standard InChI is InChI=1S/C21H21N5O2S/c1-13-19(29-20(23-13)15-7-5-11-22-12-15)17-10-9-14-6-4-8-16(18(14)24-17)25-26(2)21(27)28-3/h5,7,9-12H,4,6,8H2,1-3H3. The van der Waals surface area contributed by atoms with E-state index in [0.29, 0.717) is 0 Å². The van der Waals surface area contributed by atoms with Crippen LogP contribution in [0.5, 0.6) is 0 Å². The Labute approximate surface area is 173 Å². The van der Waals surface area contributed by atoms with Gasteiger partial charge in [0, 0.05) is 25.0 Å². The van der Waals surface area contributed by atoms with Gasteiger partial charge in [-0.05, 0) is 49.9 Å². The highest BCUT2D eigenvalue weighted by Crippen LogP contribution is 2.35. The minimum absolute atomic E-state index is 0.500. The molecule has 0 fully saturated rings. The fourth-order valence-corrected chi connectivity index (χ4v) is 4.36. The van der Waals surface area contributed by atoms with Gasteiger partial charge in [0.1, 0.15) is 5.01 Å². The number of amides is 1. The van der Waals surface area contributed by atoms with Crippen molar-refractivity contribution in [2.75, 3.05) is 14.2 Å². The van der Waals surface area contributed by atoms with E-state index in [1.165, 1.54) is 12.1 Å². The van der Waals surface area contributed by atoms with E-state index in [1.807, 2.05) is 31.3 Å². The fourth-order valence-electron chi connectivity index (χ4n) is 3.33. The van der Waals surface area contributed by atoms with Crippen LogP contribution in [0, 0.1) is 6.92 Å². The highest BCUT2D eigenvalue weighted by atomic mass is 32.1. The highest BCUT2D eigenvalue weighted by Gasteiger charge is 2.21. The monoisotopic (exact) mass is 407 g/mol. The van der Waals surface area contributed by atoms with E-state index in [4.69, 9.17) is 14.7 Å². The van der Waals surface area contributed by atoms with Gasteiger partial charge in [-0.1, -0.05) is 6.07 Å². The molecule has 0 saturated heterocycles. The van der Waals surface area contributed by atoms with E-state index < -0.39 is 6.09 Å². The lowest BCUT2D eigenvalue weighted by Crippen LogP contribution is -2.25. The van der Waals surface area contributed by atoms with Crippen LogP contribution in [0.4, 0.5) is 4.79 Å². The summed E-state index contributed by atoms with van der Waals surface area (Å²) in [6.07, 6.45) is 5.77.